The summed E-state index contributed by atoms with van der Waals surface area (Å²) in [6.07, 6.45) is 86.9. The van der Waals surface area contributed by atoms with Crippen LogP contribution in [0.1, 0.15) is 180 Å². The zero-order valence-electron chi connectivity index (χ0n) is 45.9. The fourth-order valence-corrected chi connectivity index (χ4v) is 7.21. The van der Waals surface area contributed by atoms with Crippen molar-refractivity contribution < 1.29 is 28.6 Å². The molecule has 0 saturated heterocycles. The predicted molar refractivity (Wildman–Crippen MR) is 317 cm³/mol. The first-order valence-corrected chi connectivity index (χ1v) is 28.2. The van der Waals surface area contributed by atoms with Crippen molar-refractivity contribution in [2.75, 3.05) is 6.61 Å². The lowest BCUT2D eigenvalue weighted by Crippen LogP contribution is -2.10. The zero-order chi connectivity index (χ0) is 53.3. The molecule has 0 amide bonds. The van der Waals surface area contributed by atoms with E-state index < -0.39 is 17.9 Å². The third kappa shape index (κ3) is 45.6. The molecule has 0 radical (unpaired) electrons. The van der Waals surface area contributed by atoms with Gasteiger partial charge in [-0.05, 0) is 56.2 Å². The number of unbranched alkanes of at least 4 members (excludes halogenated alkanes) is 21. The van der Waals surface area contributed by atoms with Crippen LogP contribution < -0.4 is 9.47 Å². The first-order valence-electron chi connectivity index (χ1n) is 28.2. The molecule has 0 aliphatic heterocycles. The Bertz CT molecular complexity index is 2050. The van der Waals surface area contributed by atoms with Crippen LogP contribution in [0.4, 0.5) is 0 Å². The Morgan fingerprint density at radius 2 is 0.635 bits per heavy atom. The molecule has 1 aromatic rings. The largest absolute Gasteiger partial charge is 0.462 e. The minimum atomic E-state index is -0.650. The van der Waals surface area contributed by atoms with E-state index in [1.807, 2.05) is 91.1 Å². The first kappa shape index (κ1) is 65.7. The highest BCUT2D eigenvalue weighted by Gasteiger charge is 2.13. The molecule has 0 unspecified atom stereocenters. The van der Waals surface area contributed by atoms with Crippen LogP contribution in [0, 0.1) is 0 Å². The minimum Gasteiger partial charge on any atom is -0.462 e. The number of esters is 3. The van der Waals surface area contributed by atoms with Gasteiger partial charge in [-0.1, -0.05) is 306 Å². The molecule has 1 aromatic carbocycles. The van der Waals surface area contributed by atoms with E-state index in [-0.39, 0.29) is 18.1 Å². The highest BCUT2D eigenvalue weighted by Crippen LogP contribution is 2.29. The van der Waals surface area contributed by atoms with E-state index >= 15 is 0 Å². The summed E-state index contributed by atoms with van der Waals surface area (Å²) in [5.41, 5.74) is 0.716. The number of rotatable bonds is 44. The van der Waals surface area contributed by atoms with Crippen LogP contribution in [0.5, 0.6) is 11.5 Å². The number of hydrogen-bond acceptors (Lipinski definition) is 6. The molecule has 402 valence electrons. The molecular formula is C68H94O6. The van der Waals surface area contributed by atoms with Gasteiger partial charge >= 0.3 is 17.9 Å². The van der Waals surface area contributed by atoms with Crippen molar-refractivity contribution in [2.45, 2.75) is 181 Å². The molecule has 0 heterocycles. The lowest BCUT2D eigenvalue weighted by molar-refractivity contribution is -0.137. The Morgan fingerprint density at radius 1 is 0.338 bits per heavy atom. The molecule has 0 bridgehead atoms. The van der Waals surface area contributed by atoms with Crippen molar-refractivity contribution in [1.29, 1.82) is 0 Å². The fourth-order valence-electron chi connectivity index (χ4n) is 7.21. The monoisotopic (exact) mass is 1010 g/mol. The third-order valence-electron chi connectivity index (χ3n) is 11.4. The summed E-state index contributed by atoms with van der Waals surface area (Å²) in [6, 6.07) is 4.90. The van der Waals surface area contributed by atoms with E-state index in [0.717, 1.165) is 19.3 Å². The van der Waals surface area contributed by atoms with Gasteiger partial charge in [-0.15, -0.1) is 0 Å². The summed E-state index contributed by atoms with van der Waals surface area (Å²) in [7, 11) is 0. The van der Waals surface area contributed by atoms with Crippen molar-refractivity contribution in [2.24, 2.45) is 0 Å². The van der Waals surface area contributed by atoms with E-state index in [4.69, 9.17) is 14.2 Å². The summed E-state index contributed by atoms with van der Waals surface area (Å²) in [6.45, 7) is 6.84. The Labute approximate surface area is 450 Å². The van der Waals surface area contributed by atoms with E-state index in [1.54, 1.807) is 54.7 Å². The molecule has 0 atom stereocenters. The fraction of sp³-hybridized carbons (Fsp3) is 0.426. The maximum Gasteiger partial charge on any atom is 0.336 e. The summed E-state index contributed by atoms with van der Waals surface area (Å²) >= 11 is 0. The molecular weight excluding hydrogens is 913 g/mol. The molecule has 0 fully saturated rings. The Balaban J connectivity index is 2.75. The van der Waals surface area contributed by atoms with Crippen molar-refractivity contribution in [3.8, 4) is 11.5 Å². The minimum absolute atomic E-state index is 0.0634. The highest BCUT2D eigenvalue weighted by atomic mass is 16.6. The predicted octanol–water partition coefficient (Wildman–Crippen LogP) is 19.3. The number of allylic oxidation sites excluding steroid dienone is 27. The van der Waals surface area contributed by atoms with Crippen LogP contribution >= 0.6 is 0 Å². The number of hydrogen-bond donors (Lipinski definition) is 0. The van der Waals surface area contributed by atoms with Crippen LogP contribution in [-0.2, 0) is 25.5 Å². The Kier molecular flexibility index (Phi) is 47.1. The second-order valence-corrected chi connectivity index (χ2v) is 18.1. The molecule has 0 aliphatic rings. The molecule has 0 N–H and O–H groups in total. The van der Waals surface area contributed by atoms with E-state index in [9.17, 15) is 14.4 Å². The summed E-state index contributed by atoms with van der Waals surface area (Å²) in [5, 5.41) is 0. The maximum absolute atomic E-state index is 12.9. The van der Waals surface area contributed by atoms with Gasteiger partial charge in [-0.25, -0.2) is 14.4 Å². The van der Waals surface area contributed by atoms with Gasteiger partial charge in [-0.3, -0.25) is 0 Å². The third-order valence-corrected chi connectivity index (χ3v) is 11.4. The molecule has 0 aromatic heterocycles. The smallest absolute Gasteiger partial charge is 0.336 e. The summed E-state index contributed by atoms with van der Waals surface area (Å²) < 4.78 is 16.7. The van der Waals surface area contributed by atoms with Gasteiger partial charge in [0.25, 0.3) is 0 Å². The van der Waals surface area contributed by atoms with Gasteiger partial charge in [0, 0.05) is 24.6 Å². The van der Waals surface area contributed by atoms with Crippen LogP contribution in [0.2, 0.25) is 0 Å². The second-order valence-electron chi connectivity index (χ2n) is 18.1. The van der Waals surface area contributed by atoms with Crippen LogP contribution in [0.15, 0.2) is 200 Å². The van der Waals surface area contributed by atoms with Crippen LogP contribution in [0.25, 0.3) is 0 Å². The lowest BCUT2D eigenvalue weighted by atomic mass is 10.1. The number of carbonyl (C=O) groups is 3. The Morgan fingerprint density at radius 3 is 1.00 bits per heavy atom. The molecule has 6 nitrogen and oxygen atoms in total. The molecule has 0 saturated carbocycles. The summed E-state index contributed by atoms with van der Waals surface area (Å²) in [5.74, 6) is -1.63. The quantitative estimate of drug-likeness (QED) is 0.0213. The van der Waals surface area contributed by atoms with Gasteiger partial charge in [0.2, 0.25) is 0 Å². The van der Waals surface area contributed by atoms with Gasteiger partial charge < -0.3 is 14.2 Å². The average molecular weight is 1010 g/mol. The normalized spacial score (nSPS) is 13.0. The number of ether oxygens (including phenoxy) is 3. The zero-order valence-corrected chi connectivity index (χ0v) is 45.9. The average Bonchev–Trinajstić information content (AvgIpc) is 3.39. The molecule has 6 heteroatoms. The number of carbonyl (C=O) groups excluding carboxylic acids is 3. The molecule has 1 rings (SSSR count). The topological polar surface area (TPSA) is 78.9 Å². The van der Waals surface area contributed by atoms with Gasteiger partial charge in [-0.2, -0.15) is 0 Å². The van der Waals surface area contributed by atoms with Crippen molar-refractivity contribution >= 4 is 17.9 Å². The summed E-state index contributed by atoms with van der Waals surface area (Å²) in [4.78, 5) is 38.1. The van der Waals surface area contributed by atoms with Gasteiger partial charge in [0.1, 0.15) is 0 Å². The standard InChI is InChI=1S/C68H94O6/c1-4-7-10-13-16-19-22-25-28-31-34-37-40-43-46-49-52-55-66(69)72-61-60-63-58-59-64(73-67(70)56-53-50-47-44-41-38-35-32-29-26-23-20-17-14-11-8-5-2)65(62-63)74-68(71)57-54-51-48-45-42-39-36-33-30-27-24-21-18-15-12-9-6-3/h28-59,62H,4-27,60-61H2,1-3H3. The SMILES string of the molecule is CCCCCCCCCC=CC=CC=CC=CC=CC(=O)OCCc1ccc(OC(=O)C=CC=CC=CC=CC=CCCCCCCCCC)c(OC(=O)C=CC=CC=CC=CC=CCCCCCCCCC)c1. The first-order chi connectivity index (χ1) is 36.5. The van der Waals surface area contributed by atoms with Crippen LogP contribution in [0.3, 0.4) is 0 Å². The maximum atomic E-state index is 12.9. The van der Waals surface area contributed by atoms with E-state index in [1.165, 1.54) is 153 Å². The van der Waals surface area contributed by atoms with Gasteiger partial charge in [0.15, 0.2) is 11.5 Å². The number of benzene rings is 1. The van der Waals surface area contributed by atoms with Crippen molar-refractivity contribution in [3.05, 3.63) is 206 Å². The highest BCUT2D eigenvalue weighted by molar-refractivity contribution is 5.87. The molecule has 74 heavy (non-hydrogen) atoms. The van der Waals surface area contributed by atoms with E-state index in [2.05, 4.69) is 57.2 Å². The van der Waals surface area contributed by atoms with Gasteiger partial charge in [0.05, 0.1) is 6.61 Å². The lowest BCUT2D eigenvalue weighted by Gasteiger charge is -2.11. The molecule has 0 aliphatic carbocycles. The Hall–Kier alpha value is -6.27. The van der Waals surface area contributed by atoms with Crippen molar-refractivity contribution in [1.82, 2.24) is 0 Å². The van der Waals surface area contributed by atoms with Crippen LogP contribution in [-0.4, -0.2) is 24.5 Å². The van der Waals surface area contributed by atoms with E-state index in [0.29, 0.717) is 12.0 Å². The van der Waals surface area contributed by atoms with Crippen molar-refractivity contribution in [3.63, 3.8) is 0 Å². The molecule has 0 spiro atoms. The second kappa shape index (κ2) is 53.0.